The van der Waals surface area contributed by atoms with Crippen molar-refractivity contribution in [3.8, 4) is 0 Å². The van der Waals surface area contributed by atoms with E-state index in [-0.39, 0.29) is 6.10 Å². The highest BCUT2D eigenvalue weighted by atomic mass is 16.3. The van der Waals surface area contributed by atoms with Crippen LogP contribution in [0.4, 0.5) is 0 Å². The molecule has 1 aliphatic carbocycles. The van der Waals surface area contributed by atoms with Crippen LogP contribution >= 0.6 is 0 Å². The van der Waals surface area contributed by atoms with Crippen molar-refractivity contribution < 1.29 is 5.11 Å². The Kier molecular flexibility index (Phi) is 3.45. The van der Waals surface area contributed by atoms with Gasteiger partial charge in [0.05, 0.1) is 6.10 Å². The van der Waals surface area contributed by atoms with Crippen LogP contribution in [-0.2, 0) is 0 Å². The Bertz CT molecular complexity index is 183. The number of aliphatic hydroxyl groups excluding tert-OH is 1. The lowest BCUT2D eigenvalue weighted by Crippen LogP contribution is -2.49. The van der Waals surface area contributed by atoms with Crippen molar-refractivity contribution in [3.63, 3.8) is 0 Å². The maximum atomic E-state index is 9.97. The summed E-state index contributed by atoms with van der Waals surface area (Å²) < 4.78 is 0. The third kappa shape index (κ3) is 2.29. The average molecular weight is 197 g/mol. The Labute approximate surface area is 87.3 Å². The fraction of sp³-hybridized carbons (Fsp3) is 1.00. The average Bonchev–Trinajstić information content (AvgIpc) is 2.18. The number of piperidine rings is 1. The van der Waals surface area contributed by atoms with E-state index in [1.807, 2.05) is 0 Å². The molecule has 0 spiro atoms. The van der Waals surface area contributed by atoms with E-state index in [9.17, 15) is 5.11 Å². The molecule has 0 bridgehead atoms. The van der Waals surface area contributed by atoms with Gasteiger partial charge in [-0.3, -0.25) is 4.90 Å². The topological polar surface area (TPSA) is 23.5 Å². The van der Waals surface area contributed by atoms with E-state index in [1.54, 1.807) is 0 Å². The maximum absolute atomic E-state index is 9.97. The number of rotatable bonds is 1. The summed E-state index contributed by atoms with van der Waals surface area (Å²) in [4.78, 5) is 2.54. The number of likely N-dealkylation sites (tertiary alicyclic amines) is 1. The minimum Gasteiger partial charge on any atom is -0.391 e. The molecule has 0 radical (unpaired) electrons. The van der Waals surface area contributed by atoms with Crippen LogP contribution in [0.5, 0.6) is 0 Å². The zero-order valence-corrected chi connectivity index (χ0v) is 9.28. The van der Waals surface area contributed by atoms with Gasteiger partial charge in [0, 0.05) is 12.6 Å². The molecule has 2 rings (SSSR count). The van der Waals surface area contributed by atoms with E-state index in [0.29, 0.717) is 6.04 Å². The summed E-state index contributed by atoms with van der Waals surface area (Å²) in [5.41, 5.74) is 0. The van der Waals surface area contributed by atoms with E-state index in [2.05, 4.69) is 11.8 Å². The summed E-state index contributed by atoms with van der Waals surface area (Å²) in [7, 11) is 0. The molecule has 2 heteroatoms. The molecule has 1 heterocycles. The molecule has 1 N–H and O–H groups in total. The molecule has 1 saturated heterocycles. The lowest BCUT2D eigenvalue weighted by molar-refractivity contribution is 0.00212. The van der Waals surface area contributed by atoms with E-state index in [0.717, 1.165) is 12.3 Å². The first kappa shape index (κ1) is 10.4. The predicted octanol–water partition coefficient (Wildman–Crippen LogP) is 2.02. The number of nitrogens with zero attached hydrogens (tertiary/aromatic N) is 1. The molecule has 0 aromatic carbocycles. The number of aliphatic hydroxyl groups is 1. The molecule has 1 aliphatic heterocycles. The fourth-order valence-corrected chi connectivity index (χ4v) is 3.04. The van der Waals surface area contributed by atoms with Gasteiger partial charge in [-0.1, -0.05) is 19.8 Å². The van der Waals surface area contributed by atoms with Crippen LogP contribution in [-0.4, -0.2) is 35.2 Å². The first-order chi connectivity index (χ1) is 6.77. The Morgan fingerprint density at radius 1 is 1.07 bits per heavy atom. The summed E-state index contributed by atoms with van der Waals surface area (Å²) >= 11 is 0. The van der Waals surface area contributed by atoms with Gasteiger partial charge in [0.1, 0.15) is 0 Å². The van der Waals surface area contributed by atoms with Gasteiger partial charge in [0.15, 0.2) is 0 Å². The lowest BCUT2D eigenvalue weighted by atomic mass is 9.89. The maximum Gasteiger partial charge on any atom is 0.0695 e. The zero-order valence-electron chi connectivity index (χ0n) is 9.28. The molecular formula is C12H23NO. The van der Waals surface area contributed by atoms with Crippen molar-refractivity contribution in [3.05, 3.63) is 0 Å². The van der Waals surface area contributed by atoms with Crippen molar-refractivity contribution in [2.24, 2.45) is 5.92 Å². The van der Waals surface area contributed by atoms with E-state index >= 15 is 0 Å². The van der Waals surface area contributed by atoms with Crippen LogP contribution in [0.1, 0.15) is 45.4 Å². The summed E-state index contributed by atoms with van der Waals surface area (Å²) in [6, 6.07) is 0.478. The third-order valence-electron chi connectivity index (χ3n) is 3.85. The van der Waals surface area contributed by atoms with Crippen LogP contribution in [0, 0.1) is 5.92 Å². The van der Waals surface area contributed by atoms with Gasteiger partial charge in [0.2, 0.25) is 0 Å². The summed E-state index contributed by atoms with van der Waals surface area (Å²) in [6.07, 6.45) is 7.43. The molecule has 1 saturated carbocycles. The molecule has 0 aromatic heterocycles. The van der Waals surface area contributed by atoms with E-state index in [1.165, 1.54) is 45.2 Å². The van der Waals surface area contributed by atoms with Gasteiger partial charge in [-0.05, 0) is 38.1 Å². The molecule has 14 heavy (non-hydrogen) atoms. The molecule has 1 unspecified atom stereocenters. The van der Waals surface area contributed by atoms with Gasteiger partial charge in [-0.2, -0.15) is 0 Å². The largest absolute Gasteiger partial charge is 0.391 e. The molecule has 2 nitrogen and oxygen atoms in total. The first-order valence-corrected chi connectivity index (χ1v) is 6.19. The Hall–Kier alpha value is -0.0800. The van der Waals surface area contributed by atoms with Crippen molar-refractivity contribution in [2.75, 3.05) is 13.1 Å². The fourth-order valence-electron chi connectivity index (χ4n) is 3.04. The van der Waals surface area contributed by atoms with E-state index in [4.69, 9.17) is 0 Å². The lowest BCUT2D eigenvalue weighted by Gasteiger charge is -2.41. The molecule has 2 fully saturated rings. The molecule has 3 atom stereocenters. The quantitative estimate of drug-likeness (QED) is 0.695. The Morgan fingerprint density at radius 3 is 2.57 bits per heavy atom. The van der Waals surface area contributed by atoms with Crippen molar-refractivity contribution >= 4 is 0 Å². The molecule has 82 valence electrons. The second-order valence-corrected chi connectivity index (χ2v) is 5.16. The minimum atomic E-state index is -0.0472. The van der Waals surface area contributed by atoms with Gasteiger partial charge >= 0.3 is 0 Å². The van der Waals surface area contributed by atoms with Crippen LogP contribution < -0.4 is 0 Å². The van der Waals surface area contributed by atoms with Gasteiger partial charge < -0.3 is 5.11 Å². The minimum absolute atomic E-state index is 0.0472. The number of hydrogen-bond donors (Lipinski definition) is 1. The highest BCUT2D eigenvalue weighted by molar-refractivity contribution is 4.85. The SMILES string of the molecule is CC1CCCN([C@@H]2CCCC[C@H]2O)C1. The second kappa shape index (κ2) is 4.63. The molecule has 0 aromatic rings. The van der Waals surface area contributed by atoms with Crippen LogP contribution in [0.15, 0.2) is 0 Å². The number of hydrogen-bond acceptors (Lipinski definition) is 2. The Balaban J connectivity index is 1.91. The van der Waals surface area contributed by atoms with E-state index < -0.39 is 0 Å². The molecule has 0 amide bonds. The van der Waals surface area contributed by atoms with Crippen LogP contribution in [0.2, 0.25) is 0 Å². The Morgan fingerprint density at radius 2 is 1.86 bits per heavy atom. The van der Waals surface area contributed by atoms with Crippen molar-refractivity contribution in [2.45, 2.75) is 57.6 Å². The first-order valence-electron chi connectivity index (χ1n) is 6.19. The van der Waals surface area contributed by atoms with Gasteiger partial charge in [-0.15, -0.1) is 0 Å². The third-order valence-corrected chi connectivity index (χ3v) is 3.85. The summed E-state index contributed by atoms with van der Waals surface area (Å²) in [5.74, 6) is 0.831. The van der Waals surface area contributed by atoms with Gasteiger partial charge in [-0.25, -0.2) is 0 Å². The highest BCUT2D eigenvalue weighted by Gasteiger charge is 2.30. The van der Waals surface area contributed by atoms with Crippen LogP contribution in [0.3, 0.4) is 0 Å². The smallest absolute Gasteiger partial charge is 0.0695 e. The monoisotopic (exact) mass is 197 g/mol. The molecular weight excluding hydrogens is 174 g/mol. The standard InChI is InChI=1S/C12H23NO/c1-10-5-4-8-13(9-10)11-6-2-3-7-12(11)14/h10-12,14H,2-9H2,1H3/t10?,11-,12-/m1/s1. The highest BCUT2D eigenvalue weighted by Crippen LogP contribution is 2.27. The van der Waals surface area contributed by atoms with Crippen molar-refractivity contribution in [1.29, 1.82) is 0 Å². The van der Waals surface area contributed by atoms with Crippen LogP contribution in [0.25, 0.3) is 0 Å². The second-order valence-electron chi connectivity index (χ2n) is 5.16. The van der Waals surface area contributed by atoms with Gasteiger partial charge in [0.25, 0.3) is 0 Å². The summed E-state index contributed by atoms with van der Waals surface area (Å²) in [5, 5.41) is 9.97. The predicted molar refractivity (Wildman–Crippen MR) is 58.2 cm³/mol. The zero-order chi connectivity index (χ0) is 9.97. The normalized spacial score (nSPS) is 41.1. The summed E-state index contributed by atoms with van der Waals surface area (Å²) in [6.45, 7) is 4.76. The van der Waals surface area contributed by atoms with Crippen molar-refractivity contribution in [1.82, 2.24) is 4.90 Å². The molecule has 2 aliphatic rings.